The molecule has 2 N–H and O–H groups in total. The summed E-state index contributed by atoms with van der Waals surface area (Å²) in [4.78, 5) is 11.9. The second-order valence-electron chi connectivity index (χ2n) is 6.40. The van der Waals surface area contributed by atoms with Gasteiger partial charge in [0, 0.05) is 23.4 Å². The van der Waals surface area contributed by atoms with Gasteiger partial charge in [-0.25, -0.2) is 13.5 Å². The van der Waals surface area contributed by atoms with E-state index in [2.05, 4.69) is 21.0 Å². The first kappa shape index (κ1) is 17.3. The topological polar surface area (TPSA) is 79.4 Å². The number of fused-ring (bicyclic) bond motifs is 2. The van der Waals surface area contributed by atoms with Crippen molar-refractivity contribution in [1.82, 2.24) is 9.78 Å². The molecule has 0 aliphatic carbocycles. The van der Waals surface area contributed by atoms with Gasteiger partial charge in [-0.15, -0.1) is 0 Å². The number of amides is 1. The van der Waals surface area contributed by atoms with Crippen LogP contribution in [0.4, 0.5) is 8.78 Å². The van der Waals surface area contributed by atoms with E-state index in [1.165, 1.54) is 4.68 Å². The van der Waals surface area contributed by atoms with Gasteiger partial charge in [-0.05, 0) is 30.2 Å². The summed E-state index contributed by atoms with van der Waals surface area (Å²) in [5, 5.41) is 4.20. The lowest BCUT2D eigenvalue weighted by molar-refractivity contribution is -0.0144. The van der Waals surface area contributed by atoms with Gasteiger partial charge in [-0.2, -0.15) is 5.10 Å². The number of primary amides is 1. The average Bonchev–Trinajstić information content (AvgIpc) is 3.00. The minimum Gasteiger partial charge on any atom is -0.493 e. The molecule has 2 atom stereocenters. The summed E-state index contributed by atoms with van der Waals surface area (Å²) in [7, 11) is 0. The molecule has 0 saturated carbocycles. The third kappa shape index (κ3) is 2.94. The fraction of sp³-hybridized carbons (Fsp3) is 0.412. The van der Waals surface area contributed by atoms with Crippen LogP contribution >= 0.6 is 15.9 Å². The smallest absolute Gasteiger partial charge is 0.274 e. The summed E-state index contributed by atoms with van der Waals surface area (Å²) in [6, 6.07) is 5.68. The fourth-order valence-electron chi connectivity index (χ4n) is 3.46. The first-order chi connectivity index (χ1) is 12.4. The third-order valence-corrected chi connectivity index (χ3v) is 5.17. The largest absolute Gasteiger partial charge is 0.493 e. The Kier molecular flexibility index (Phi) is 4.34. The van der Waals surface area contributed by atoms with E-state index < -0.39 is 18.4 Å². The van der Waals surface area contributed by atoms with Crippen molar-refractivity contribution in [1.29, 1.82) is 0 Å². The van der Waals surface area contributed by atoms with Gasteiger partial charge in [0.05, 0.1) is 12.2 Å². The zero-order chi connectivity index (χ0) is 18.4. The Morgan fingerprint density at radius 2 is 2.23 bits per heavy atom. The second kappa shape index (κ2) is 6.53. The highest BCUT2D eigenvalue weighted by Gasteiger charge is 2.37. The molecule has 1 amide bonds. The van der Waals surface area contributed by atoms with Crippen molar-refractivity contribution in [3.8, 4) is 11.6 Å². The Balaban J connectivity index is 1.74. The highest BCUT2D eigenvalue weighted by molar-refractivity contribution is 9.10. The standard InChI is InChI=1S/C17H16BrF2N3O3/c18-10-1-2-11-8(6-10)5-9(7-25-11)13-14(16(21)24)22-23-4-3-12(15(19)20)26-17(13)23/h1-2,6,9,12,15H,3-5,7H2,(H2,21,24)/t9-,12?/m0/s1. The maximum absolute atomic E-state index is 13.1. The lowest BCUT2D eigenvalue weighted by atomic mass is 9.90. The summed E-state index contributed by atoms with van der Waals surface area (Å²) in [5.74, 6) is -0.0153. The molecule has 0 saturated heterocycles. The summed E-state index contributed by atoms with van der Waals surface area (Å²) < 4.78 is 39.9. The zero-order valence-corrected chi connectivity index (χ0v) is 15.2. The maximum atomic E-state index is 13.1. The molecule has 6 nitrogen and oxygen atoms in total. The van der Waals surface area contributed by atoms with Gasteiger partial charge in [-0.1, -0.05) is 15.9 Å². The van der Waals surface area contributed by atoms with Crippen molar-refractivity contribution in [3.05, 3.63) is 39.5 Å². The molecule has 0 fully saturated rings. The van der Waals surface area contributed by atoms with Crippen LogP contribution in [-0.4, -0.2) is 34.8 Å². The number of aryl methyl sites for hydroxylation is 1. The van der Waals surface area contributed by atoms with Gasteiger partial charge in [0.2, 0.25) is 5.88 Å². The van der Waals surface area contributed by atoms with Crippen LogP contribution in [0.3, 0.4) is 0 Å². The molecule has 2 aliphatic rings. The Morgan fingerprint density at radius 3 is 2.96 bits per heavy atom. The lowest BCUT2D eigenvalue weighted by Crippen LogP contribution is -2.33. The van der Waals surface area contributed by atoms with Gasteiger partial charge < -0.3 is 15.2 Å². The number of benzene rings is 1. The van der Waals surface area contributed by atoms with Crippen LogP contribution in [0.1, 0.15) is 34.0 Å². The molecule has 1 unspecified atom stereocenters. The SMILES string of the molecule is NC(=O)c1nn2c(c1[C@@H]1COc3ccc(Br)cc3C1)OC(C(F)F)CC2. The normalized spacial score (nSPS) is 21.5. The van der Waals surface area contributed by atoms with Gasteiger partial charge in [0.1, 0.15) is 5.75 Å². The molecule has 1 aromatic heterocycles. The number of nitrogens with zero attached hydrogens (tertiary/aromatic N) is 2. The highest BCUT2D eigenvalue weighted by atomic mass is 79.9. The Hall–Kier alpha value is -2.16. The van der Waals surface area contributed by atoms with E-state index in [4.69, 9.17) is 15.2 Å². The predicted octanol–water partition coefficient (Wildman–Crippen LogP) is 2.88. The molecular formula is C17H16BrF2N3O3. The molecule has 4 rings (SSSR count). The summed E-state index contributed by atoms with van der Waals surface area (Å²) in [6.07, 6.45) is -3.13. The van der Waals surface area contributed by atoms with E-state index >= 15 is 0 Å². The zero-order valence-electron chi connectivity index (χ0n) is 13.6. The van der Waals surface area contributed by atoms with Crippen LogP contribution in [0.5, 0.6) is 11.6 Å². The molecule has 9 heteroatoms. The van der Waals surface area contributed by atoms with Gasteiger partial charge in [-0.3, -0.25) is 4.79 Å². The molecule has 3 heterocycles. The second-order valence-corrected chi connectivity index (χ2v) is 7.31. The molecule has 138 valence electrons. The fourth-order valence-corrected chi connectivity index (χ4v) is 3.87. The number of alkyl halides is 2. The third-order valence-electron chi connectivity index (χ3n) is 4.68. The number of carbonyl (C=O) groups is 1. The number of nitrogens with two attached hydrogens (primary N) is 1. The van der Waals surface area contributed by atoms with Gasteiger partial charge >= 0.3 is 0 Å². The van der Waals surface area contributed by atoms with Crippen LogP contribution < -0.4 is 15.2 Å². The highest BCUT2D eigenvalue weighted by Crippen LogP contribution is 2.40. The van der Waals surface area contributed by atoms with Crippen LogP contribution in [0, 0.1) is 0 Å². The van der Waals surface area contributed by atoms with E-state index in [9.17, 15) is 13.6 Å². The summed E-state index contributed by atoms with van der Waals surface area (Å²) >= 11 is 3.43. The van der Waals surface area contributed by atoms with E-state index in [-0.39, 0.29) is 37.1 Å². The predicted molar refractivity (Wildman–Crippen MR) is 91.9 cm³/mol. The van der Waals surface area contributed by atoms with Gasteiger partial charge in [0.25, 0.3) is 12.3 Å². The molecule has 26 heavy (non-hydrogen) atoms. The van der Waals surface area contributed by atoms with Crippen LogP contribution in [-0.2, 0) is 13.0 Å². The van der Waals surface area contributed by atoms with E-state index in [1.54, 1.807) is 0 Å². The number of hydrogen-bond donors (Lipinski definition) is 1. The van der Waals surface area contributed by atoms with Crippen molar-refractivity contribution in [3.63, 3.8) is 0 Å². The monoisotopic (exact) mass is 427 g/mol. The van der Waals surface area contributed by atoms with Crippen molar-refractivity contribution >= 4 is 21.8 Å². The van der Waals surface area contributed by atoms with E-state index in [0.717, 1.165) is 15.8 Å². The molecule has 2 aliphatic heterocycles. The number of hydrogen-bond acceptors (Lipinski definition) is 4. The van der Waals surface area contributed by atoms with Crippen molar-refractivity contribution < 1.29 is 23.0 Å². The molecular weight excluding hydrogens is 412 g/mol. The maximum Gasteiger partial charge on any atom is 0.274 e. The quantitative estimate of drug-likeness (QED) is 0.816. The lowest BCUT2D eigenvalue weighted by Gasteiger charge is -2.29. The van der Waals surface area contributed by atoms with Crippen LogP contribution in [0.25, 0.3) is 0 Å². The molecule has 1 aromatic carbocycles. The van der Waals surface area contributed by atoms with Crippen molar-refractivity contribution in [2.45, 2.75) is 37.8 Å². The number of halogens is 3. The van der Waals surface area contributed by atoms with Crippen LogP contribution in [0.2, 0.25) is 0 Å². The van der Waals surface area contributed by atoms with Crippen molar-refractivity contribution in [2.75, 3.05) is 6.61 Å². The minimum atomic E-state index is -2.61. The minimum absolute atomic E-state index is 0.0574. The number of ether oxygens (including phenoxy) is 2. The Morgan fingerprint density at radius 1 is 1.42 bits per heavy atom. The van der Waals surface area contributed by atoms with Gasteiger partial charge in [0.15, 0.2) is 11.8 Å². The first-order valence-electron chi connectivity index (χ1n) is 8.20. The molecule has 0 radical (unpaired) electrons. The molecule has 2 aromatic rings. The summed E-state index contributed by atoms with van der Waals surface area (Å²) in [5.41, 5.74) is 6.94. The Bertz CT molecular complexity index is 871. The van der Waals surface area contributed by atoms with E-state index in [0.29, 0.717) is 12.0 Å². The summed E-state index contributed by atoms with van der Waals surface area (Å²) in [6.45, 7) is 0.538. The number of carbonyl (C=O) groups excluding carboxylic acids is 1. The average molecular weight is 428 g/mol. The van der Waals surface area contributed by atoms with Crippen LogP contribution in [0.15, 0.2) is 22.7 Å². The van der Waals surface area contributed by atoms with Crippen molar-refractivity contribution in [2.24, 2.45) is 5.73 Å². The molecule has 0 bridgehead atoms. The molecule has 0 spiro atoms. The Labute approximate surface area is 156 Å². The number of aromatic nitrogens is 2. The van der Waals surface area contributed by atoms with E-state index in [1.807, 2.05) is 18.2 Å². The first-order valence-corrected chi connectivity index (χ1v) is 9.00. The number of rotatable bonds is 3.